The molecule has 5 heteroatoms. The molecular formula is C10H13Cl2N3. The van der Waals surface area contributed by atoms with Crippen LogP contribution in [0.15, 0.2) is 12.4 Å². The first kappa shape index (κ1) is 11.0. The molecule has 2 rings (SSSR count). The summed E-state index contributed by atoms with van der Waals surface area (Å²) in [6.07, 6.45) is 7.49. The second-order valence-corrected chi connectivity index (χ2v) is 4.87. The highest BCUT2D eigenvalue weighted by molar-refractivity contribution is 6.30. The number of alkyl halides is 1. The number of aromatic nitrogens is 2. The van der Waals surface area contributed by atoms with Crippen LogP contribution in [-0.4, -0.2) is 21.4 Å². The lowest BCUT2D eigenvalue weighted by atomic mass is 9.95. The lowest BCUT2D eigenvalue weighted by Crippen LogP contribution is -2.27. The molecule has 3 nitrogen and oxygen atoms in total. The Hall–Kier alpha value is -0.540. The Morgan fingerprint density at radius 3 is 2.33 bits per heavy atom. The van der Waals surface area contributed by atoms with Crippen LogP contribution in [0, 0.1) is 0 Å². The smallest absolute Gasteiger partial charge is 0.222 e. The number of nitrogens with zero attached hydrogens (tertiary/aromatic N) is 2. The number of hydrogen-bond acceptors (Lipinski definition) is 3. The summed E-state index contributed by atoms with van der Waals surface area (Å²) in [5.74, 6) is 0.650. The molecule has 0 atom stereocenters. The monoisotopic (exact) mass is 245 g/mol. The molecule has 1 aliphatic rings. The van der Waals surface area contributed by atoms with Gasteiger partial charge in [0.25, 0.3) is 0 Å². The molecule has 0 saturated heterocycles. The predicted molar refractivity (Wildman–Crippen MR) is 62.6 cm³/mol. The minimum absolute atomic E-state index is 0.342. The fourth-order valence-electron chi connectivity index (χ4n) is 1.77. The Balaban J connectivity index is 1.89. The number of halogens is 2. The van der Waals surface area contributed by atoms with Crippen LogP contribution in [0.25, 0.3) is 0 Å². The number of rotatable bonds is 2. The van der Waals surface area contributed by atoms with E-state index >= 15 is 0 Å². The van der Waals surface area contributed by atoms with E-state index in [0.717, 1.165) is 25.7 Å². The van der Waals surface area contributed by atoms with E-state index in [0.29, 0.717) is 22.4 Å². The van der Waals surface area contributed by atoms with Crippen molar-refractivity contribution in [1.82, 2.24) is 9.97 Å². The third kappa shape index (κ3) is 3.21. The summed E-state index contributed by atoms with van der Waals surface area (Å²) in [7, 11) is 0. The average Bonchev–Trinajstić information content (AvgIpc) is 2.25. The van der Waals surface area contributed by atoms with Gasteiger partial charge < -0.3 is 5.32 Å². The average molecular weight is 246 g/mol. The Labute approximate surface area is 99.2 Å². The van der Waals surface area contributed by atoms with Crippen molar-refractivity contribution in [3.63, 3.8) is 0 Å². The highest BCUT2D eigenvalue weighted by Gasteiger charge is 2.19. The third-order valence-corrected chi connectivity index (χ3v) is 3.24. The Morgan fingerprint density at radius 1 is 1.13 bits per heavy atom. The van der Waals surface area contributed by atoms with Crippen molar-refractivity contribution < 1.29 is 0 Å². The van der Waals surface area contributed by atoms with Crippen LogP contribution in [0.3, 0.4) is 0 Å². The Bertz CT molecular complexity index is 307. The molecule has 1 aromatic heterocycles. The van der Waals surface area contributed by atoms with Crippen molar-refractivity contribution in [2.75, 3.05) is 5.32 Å². The summed E-state index contributed by atoms with van der Waals surface area (Å²) in [5.41, 5.74) is 0. The molecule has 1 aliphatic carbocycles. The van der Waals surface area contributed by atoms with Crippen molar-refractivity contribution in [2.24, 2.45) is 0 Å². The minimum atomic E-state index is 0.342. The molecule has 1 heterocycles. The summed E-state index contributed by atoms with van der Waals surface area (Å²) < 4.78 is 0. The van der Waals surface area contributed by atoms with E-state index in [4.69, 9.17) is 23.2 Å². The highest BCUT2D eigenvalue weighted by atomic mass is 35.5. The van der Waals surface area contributed by atoms with Gasteiger partial charge in [0.15, 0.2) is 0 Å². The van der Waals surface area contributed by atoms with Crippen molar-refractivity contribution in [3.05, 3.63) is 17.4 Å². The van der Waals surface area contributed by atoms with Gasteiger partial charge in [-0.25, -0.2) is 9.97 Å². The fraction of sp³-hybridized carbons (Fsp3) is 0.600. The van der Waals surface area contributed by atoms with E-state index < -0.39 is 0 Å². The van der Waals surface area contributed by atoms with Crippen molar-refractivity contribution in [2.45, 2.75) is 37.1 Å². The van der Waals surface area contributed by atoms with E-state index in [1.807, 2.05) is 0 Å². The van der Waals surface area contributed by atoms with Crippen LogP contribution in [0.1, 0.15) is 25.7 Å². The van der Waals surface area contributed by atoms with E-state index in [1.54, 1.807) is 12.4 Å². The quantitative estimate of drug-likeness (QED) is 0.815. The second kappa shape index (κ2) is 4.99. The zero-order valence-corrected chi connectivity index (χ0v) is 9.80. The first-order valence-electron chi connectivity index (χ1n) is 5.12. The third-order valence-electron chi connectivity index (χ3n) is 2.61. The van der Waals surface area contributed by atoms with E-state index in [9.17, 15) is 0 Å². The molecule has 0 aromatic carbocycles. The molecule has 0 spiro atoms. The van der Waals surface area contributed by atoms with Gasteiger partial charge in [0.05, 0.1) is 17.4 Å². The molecule has 0 bridgehead atoms. The molecular weight excluding hydrogens is 233 g/mol. The topological polar surface area (TPSA) is 37.8 Å². The minimum Gasteiger partial charge on any atom is -0.351 e. The van der Waals surface area contributed by atoms with Gasteiger partial charge in [-0.3, -0.25) is 0 Å². The first-order valence-corrected chi connectivity index (χ1v) is 5.93. The van der Waals surface area contributed by atoms with Gasteiger partial charge in [-0.1, -0.05) is 11.6 Å². The zero-order chi connectivity index (χ0) is 10.7. The zero-order valence-electron chi connectivity index (χ0n) is 8.29. The summed E-state index contributed by atoms with van der Waals surface area (Å²) in [6, 6.07) is 0.446. The Kier molecular flexibility index (Phi) is 3.65. The molecule has 0 aliphatic heterocycles. The fourth-order valence-corrected chi connectivity index (χ4v) is 2.12. The normalized spacial score (nSPS) is 26.3. The molecule has 1 N–H and O–H groups in total. The largest absolute Gasteiger partial charge is 0.351 e. The molecule has 1 fully saturated rings. The maximum Gasteiger partial charge on any atom is 0.222 e. The molecule has 0 unspecified atom stereocenters. The van der Waals surface area contributed by atoms with Gasteiger partial charge in [0.2, 0.25) is 5.95 Å². The summed E-state index contributed by atoms with van der Waals surface area (Å²) in [5, 5.41) is 4.19. The SMILES string of the molecule is Clc1cnc(NC2CCC(Cl)CC2)nc1. The predicted octanol–water partition coefficient (Wildman–Crippen LogP) is 3.09. The second-order valence-electron chi connectivity index (χ2n) is 3.82. The van der Waals surface area contributed by atoms with Crippen LogP contribution in [0.5, 0.6) is 0 Å². The van der Waals surface area contributed by atoms with Gasteiger partial charge in [-0.15, -0.1) is 11.6 Å². The molecule has 1 saturated carbocycles. The maximum atomic E-state index is 6.03. The van der Waals surface area contributed by atoms with E-state index in [-0.39, 0.29) is 0 Å². The molecule has 15 heavy (non-hydrogen) atoms. The standard InChI is InChI=1S/C10H13Cl2N3/c11-7-1-3-9(4-2-7)15-10-13-5-8(12)6-14-10/h5-7,9H,1-4H2,(H,13,14,15). The van der Waals surface area contributed by atoms with Crippen LogP contribution in [-0.2, 0) is 0 Å². The van der Waals surface area contributed by atoms with E-state index in [2.05, 4.69) is 15.3 Å². The van der Waals surface area contributed by atoms with Crippen LogP contribution in [0.2, 0.25) is 5.02 Å². The number of hydrogen-bond donors (Lipinski definition) is 1. The van der Waals surface area contributed by atoms with Crippen molar-refractivity contribution >= 4 is 29.2 Å². The Morgan fingerprint density at radius 2 is 1.73 bits per heavy atom. The molecule has 82 valence electrons. The van der Waals surface area contributed by atoms with Crippen molar-refractivity contribution in [3.8, 4) is 0 Å². The van der Waals surface area contributed by atoms with Gasteiger partial charge in [0.1, 0.15) is 0 Å². The maximum absolute atomic E-state index is 6.03. The van der Waals surface area contributed by atoms with Gasteiger partial charge in [0, 0.05) is 11.4 Å². The number of nitrogens with one attached hydrogen (secondary N) is 1. The highest BCUT2D eigenvalue weighted by Crippen LogP contribution is 2.24. The molecule has 1 aromatic rings. The molecule has 0 amide bonds. The number of anilines is 1. The molecule has 0 radical (unpaired) electrons. The van der Waals surface area contributed by atoms with Crippen molar-refractivity contribution in [1.29, 1.82) is 0 Å². The van der Waals surface area contributed by atoms with E-state index in [1.165, 1.54) is 0 Å². The lowest BCUT2D eigenvalue weighted by Gasteiger charge is -2.25. The van der Waals surface area contributed by atoms with Gasteiger partial charge >= 0.3 is 0 Å². The van der Waals surface area contributed by atoms with Crippen LogP contribution in [0.4, 0.5) is 5.95 Å². The van der Waals surface area contributed by atoms with Gasteiger partial charge in [-0.05, 0) is 25.7 Å². The first-order chi connectivity index (χ1) is 7.24. The summed E-state index contributed by atoms with van der Waals surface area (Å²) in [6.45, 7) is 0. The van der Waals surface area contributed by atoms with Crippen LogP contribution < -0.4 is 5.32 Å². The lowest BCUT2D eigenvalue weighted by molar-refractivity contribution is 0.466. The summed E-state index contributed by atoms with van der Waals surface area (Å²) >= 11 is 11.7. The summed E-state index contributed by atoms with van der Waals surface area (Å²) in [4.78, 5) is 8.21. The van der Waals surface area contributed by atoms with Crippen LogP contribution >= 0.6 is 23.2 Å². The van der Waals surface area contributed by atoms with Gasteiger partial charge in [-0.2, -0.15) is 0 Å².